The number of carbonyl (C=O) groups excluding carboxylic acids is 4. The average Bonchev–Trinajstić information content (AvgIpc) is 4.08. The molecular formula is C40H51F4N5O10S. The van der Waals surface area contributed by atoms with E-state index >= 15 is 0 Å². The fraction of sp³-hybridized carbons (Fsp3) is 0.625. The highest BCUT2D eigenvalue weighted by Crippen LogP contribution is 2.48. The lowest BCUT2D eigenvalue weighted by molar-refractivity contribution is -0.244. The Balaban J connectivity index is 1.38. The van der Waals surface area contributed by atoms with Crippen molar-refractivity contribution in [2.24, 2.45) is 17.8 Å². The smallest absolute Gasteiger partial charge is 0.427 e. The molecule has 0 radical (unpaired) electrons. The molecule has 1 aromatic carbocycles. The number of halogens is 4. The Morgan fingerprint density at radius 2 is 1.87 bits per heavy atom. The zero-order valence-corrected chi connectivity index (χ0v) is 34.8. The van der Waals surface area contributed by atoms with E-state index in [2.05, 4.69) is 20.3 Å². The molecule has 2 aliphatic carbocycles. The Hall–Kier alpha value is -4.72. The maximum absolute atomic E-state index is 14.9. The van der Waals surface area contributed by atoms with Gasteiger partial charge in [-0.15, -0.1) is 0 Å². The van der Waals surface area contributed by atoms with Gasteiger partial charge in [0.25, 0.3) is 5.91 Å². The van der Waals surface area contributed by atoms with Crippen molar-refractivity contribution in [2.45, 2.75) is 119 Å². The monoisotopic (exact) mass is 869 g/mol. The maximum Gasteiger partial charge on any atom is 0.427 e. The van der Waals surface area contributed by atoms with E-state index < -0.39 is 98.3 Å². The number of nitrogens with one attached hydrogen (secondary N) is 3. The Morgan fingerprint density at radius 1 is 1.15 bits per heavy atom. The zero-order chi connectivity index (χ0) is 44.0. The Kier molecular flexibility index (Phi) is 12.4. The van der Waals surface area contributed by atoms with Crippen LogP contribution in [0, 0.1) is 23.6 Å². The van der Waals surface area contributed by atoms with Crippen molar-refractivity contribution in [3.63, 3.8) is 0 Å². The largest absolute Gasteiger partial charge is 0.494 e. The zero-order valence-electron chi connectivity index (χ0n) is 33.9. The molecule has 2 aromatic rings. The second-order valence-corrected chi connectivity index (χ2v) is 19.0. The molecule has 3 heterocycles. The molecule has 2 saturated carbocycles. The van der Waals surface area contributed by atoms with E-state index in [1.807, 2.05) is 13.0 Å². The molecule has 1 saturated heterocycles. The summed E-state index contributed by atoms with van der Waals surface area (Å²) in [6.45, 7) is 3.97. The third kappa shape index (κ3) is 8.85. The number of methoxy groups -OCH3 is 1. The van der Waals surface area contributed by atoms with Crippen LogP contribution in [0.25, 0.3) is 10.8 Å². The second-order valence-electron chi connectivity index (χ2n) is 16.9. The number of nitrogens with zero attached hydrogens (tertiary/aromatic N) is 2. The molecule has 0 spiro atoms. The third-order valence-corrected chi connectivity index (χ3v) is 14.4. The highest BCUT2D eigenvalue weighted by molar-refractivity contribution is 7.91. The summed E-state index contributed by atoms with van der Waals surface area (Å²) >= 11 is 0. The van der Waals surface area contributed by atoms with Gasteiger partial charge in [0.2, 0.25) is 33.3 Å². The van der Waals surface area contributed by atoms with Crippen molar-refractivity contribution in [1.29, 1.82) is 0 Å². The Bertz CT molecular complexity index is 2150. The van der Waals surface area contributed by atoms with Gasteiger partial charge < -0.3 is 34.9 Å². The first-order chi connectivity index (χ1) is 28.1. The van der Waals surface area contributed by atoms with Crippen LogP contribution in [0.4, 0.5) is 22.4 Å². The first kappa shape index (κ1) is 44.8. The minimum atomic E-state index is -4.95. The molecule has 1 aromatic heterocycles. The summed E-state index contributed by atoms with van der Waals surface area (Å²) in [7, 11) is -3.06. The molecule has 330 valence electrons. The molecule has 20 heteroatoms. The topological polar surface area (TPSA) is 203 Å². The number of ether oxygens (including phenoxy) is 3. The number of alkyl carbamates (subject to hydrolysis) is 1. The molecule has 60 heavy (non-hydrogen) atoms. The Morgan fingerprint density at radius 3 is 2.50 bits per heavy atom. The average molecular weight is 870 g/mol. The van der Waals surface area contributed by atoms with Crippen molar-refractivity contribution in [2.75, 3.05) is 20.3 Å². The standard InChI is InChI=1S/C40H51F4N5O10S/c1-6-23-15-22(2)9-7-8-10-25-19-39(25,35(53)48-60(55,56)38(21-50)12-13-38)47-32(51)29-17-26(58-33-27-18-28(41)30(57-5)16-24(27)11-14-45-33)20-49(29)34(52)31(23)46-36(54)59-37(3,4)40(42,43)44/h8,10-11,14,16,18,22-23,25-26,29,31,50H,6-7,9,12-13,15,17,19-21H2,1-5H3,(H,46,54)(H,47,51)(H,48,53)/b10-8-/t22-,23+,25+,26+,29-,31-,39+/m0/s1. The minimum absolute atomic E-state index is 0.0107. The van der Waals surface area contributed by atoms with Crippen LogP contribution >= 0.6 is 0 Å². The van der Waals surface area contributed by atoms with Crippen molar-refractivity contribution < 1.29 is 64.5 Å². The fourth-order valence-corrected chi connectivity index (χ4v) is 9.46. The molecule has 7 atom stereocenters. The van der Waals surface area contributed by atoms with E-state index in [0.29, 0.717) is 38.5 Å². The summed E-state index contributed by atoms with van der Waals surface area (Å²) < 4.78 is 99.5. The minimum Gasteiger partial charge on any atom is -0.494 e. The predicted octanol–water partition coefficient (Wildman–Crippen LogP) is 4.41. The molecule has 2 aliphatic heterocycles. The van der Waals surface area contributed by atoms with Crippen molar-refractivity contribution in [3.8, 4) is 11.6 Å². The number of pyridine rings is 1. The van der Waals surface area contributed by atoms with Crippen LogP contribution in [0.2, 0.25) is 0 Å². The lowest BCUT2D eigenvalue weighted by Gasteiger charge is -2.35. The SMILES string of the molecule is CC[C@@H]1C[C@@H](C)CC/C=C\[C@@H]2C[C@@]2(C(=O)NS(=O)(=O)C2(CO)CC2)NC(=O)[C@@H]2C[C@@H](Oc3nccc4cc(OC)c(F)cc34)CN2C(=O)[C@H]1NC(=O)OC(C)(C)C(F)(F)F. The highest BCUT2D eigenvalue weighted by Gasteiger charge is 2.64. The molecule has 0 bridgehead atoms. The number of amides is 4. The van der Waals surface area contributed by atoms with Crippen LogP contribution in [0.5, 0.6) is 11.6 Å². The van der Waals surface area contributed by atoms with E-state index in [0.717, 1.165) is 11.0 Å². The number of hydrogen-bond donors (Lipinski definition) is 4. The summed E-state index contributed by atoms with van der Waals surface area (Å²) in [5.74, 6) is -4.92. The molecule has 6 rings (SSSR count). The summed E-state index contributed by atoms with van der Waals surface area (Å²) in [5.41, 5.74) is -4.69. The first-order valence-corrected chi connectivity index (χ1v) is 21.4. The van der Waals surface area contributed by atoms with E-state index in [1.165, 1.54) is 19.4 Å². The van der Waals surface area contributed by atoms with E-state index in [-0.39, 0.29) is 61.6 Å². The van der Waals surface area contributed by atoms with Gasteiger partial charge in [-0.1, -0.05) is 32.4 Å². The number of aliphatic hydroxyl groups excluding tert-OH is 1. The van der Waals surface area contributed by atoms with Crippen LogP contribution in [0.3, 0.4) is 0 Å². The number of carbonyl (C=O) groups is 4. The van der Waals surface area contributed by atoms with Gasteiger partial charge in [0, 0.05) is 23.9 Å². The molecular weight excluding hydrogens is 819 g/mol. The van der Waals surface area contributed by atoms with Crippen molar-refractivity contribution in [1.82, 2.24) is 25.2 Å². The van der Waals surface area contributed by atoms with Gasteiger partial charge in [0.05, 0.1) is 20.3 Å². The van der Waals surface area contributed by atoms with Gasteiger partial charge in [-0.2, -0.15) is 13.2 Å². The van der Waals surface area contributed by atoms with Gasteiger partial charge in [0.15, 0.2) is 11.6 Å². The quantitative estimate of drug-likeness (QED) is 0.195. The van der Waals surface area contributed by atoms with E-state index in [4.69, 9.17) is 14.2 Å². The summed E-state index contributed by atoms with van der Waals surface area (Å²) in [6.07, 6.45) is -0.806. The number of benzene rings is 1. The van der Waals surface area contributed by atoms with Crippen LogP contribution in [-0.4, -0.2) is 108 Å². The normalized spacial score (nSPS) is 28.9. The van der Waals surface area contributed by atoms with Gasteiger partial charge in [-0.05, 0) is 87.8 Å². The number of allylic oxidation sites excluding steroid dienone is 1. The fourth-order valence-electron chi connectivity index (χ4n) is 8.01. The van der Waals surface area contributed by atoms with Crippen molar-refractivity contribution >= 4 is 44.6 Å². The summed E-state index contributed by atoms with van der Waals surface area (Å²) in [5, 5.41) is 15.7. The molecule has 4 aliphatic rings. The summed E-state index contributed by atoms with van der Waals surface area (Å²) in [6, 6.07) is 1.26. The lowest BCUT2D eigenvalue weighted by atomic mass is 9.85. The highest BCUT2D eigenvalue weighted by atomic mass is 32.2. The van der Waals surface area contributed by atoms with Crippen LogP contribution in [0.1, 0.15) is 79.1 Å². The second kappa shape index (κ2) is 16.6. The number of alkyl halides is 3. The molecule has 15 nitrogen and oxygen atoms in total. The number of rotatable bonds is 10. The van der Waals surface area contributed by atoms with Crippen LogP contribution in [0.15, 0.2) is 36.5 Å². The summed E-state index contributed by atoms with van der Waals surface area (Å²) in [4.78, 5) is 62.0. The predicted molar refractivity (Wildman–Crippen MR) is 207 cm³/mol. The number of sulfonamides is 1. The van der Waals surface area contributed by atoms with Crippen LogP contribution < -0.4 is 24.8 Å². The van der Waals surface area contributed by atoms with Gasteiger partial charge >= 0.3 is 12.3 Å². The molecule has 3 fully saturated rings. The Labute approximate surface area is 345 Å². The maximum atomic E-state index is 14.9. The van der Waals surface area contributed by atoms with E-state index in [1.54, 1.807) is 19.1 Å². The van der Waals surface area contributed by atoms with Crippen molar-refractivity contribution in [3.05, 3.63) is 42.4 Å². The van der Waals surface area contributed by atoms with Crippen LogP contribution in [-0.2, 0) is 29.1 Å². The lowest BCUT2D eigenvalue weighted by Crippen LogP contribution is -2.60. The third-order valence-electron chi connectivity index (χ3n) is 12.3. The van der Waals surface area contributed by atoms with E-state index in [9.17, 15) is 50.3 Å². The number of fused-ring (bicyclic) bond motifs is 3. The number of hydrogen-bond acceptors (Lipinski definition) is 11. The van der Waals surface area contributed by atoms with Gasteiger partial charge in [-0.3, -0.25) is 19.1 Å². The first-order valence-electron chi connectivity index (χ1n) is 19.9. The molecule has 0 unspecified atom stereocenters. The van der Waals surface area contributed by atoms with Gasteiger partial charge in [-0.25, -0.2) is 22.6 Å². The number of aromatic nitrogens is 1. The van der Waals surface area contributed by atoms with Gasteiger partial charge in [0.1, 0.15) is 28.5 Å². The molecule has 4 N–H and O–H groups in total. The number of aliphatic hydroxyl groups is 1. The molecule has 4 amide bonds.